The largest absolute Gasteiger partial charge is 0.353 e. The third-order valence-corrected chi connectivity index (χ3v) is 6.56. The summed E-state index contributed by atoms with van der Waals surface area (Å²) in [7, 11) is 4.09. The van der Waals surface area contributed by atoms with Gasteiger partial charge < -0.3 is 9.88 Å². The van der Waals surface area contributed by atoms with Crippen LogP contribution < -0.4 is 0 Å². The Hall–Kier alpha value is -4.36. The van der Waals surface area contributed by atoms with Gasteiger partial charge in [0.05, 0.1) is 22.6 Å². The molecule has 0 aliphatic heterocycles. The second-order valence-corrected chi connectivity index (χ2v) is 9.58. The molecule has 2 aromatic carbocycles. The first-order chi connectivity index (χ1) is 18.5. The van der Waals surface area contributed by atoms with Gasteiger partial charge in [-0.25, -0.2) is 4.39 Å². The maximum absolute atomic E-state index is 14.6. The zero-order valence-electron chi connectivity index (χ0n) is 21.9. The van der Waals surface area contributed by atoms with Gasteiger partial charge in [-0.1, -0.05) is 24.8 Å². The number of benzene rings is 2. The van der Waals surface area contributed by atoms with Crippen molar-refractivity contribution in [3.05, 3.63) is 90.4 Å². The molecule has 0 atom stereocenters. The van der Waals surface area contributed by atoms with E-state index in [1.807, 2.05) is 57.4 Å². The third kappa shape index (κ3) is 5.19. The van der Waals surface area contributed by atoms with Gasteiger partial charge >= 0.3 is 0 Å². The predicted molar refractivity (Wildman–Crippen MR) is 156 cm³/mol. The van der Waals surface area contributed by atoms with Crippen molar-refractivity contribution < 1.29 is 4.39 Å². The molecule has 6 nitrogen and oxygen atoms in total. The summed E-state index contributed by atoms with van der Waals surface area (Å²) in [6.07, 6.45) is 8.84. The van der Waals surface area contributed by atoms with Crippen LogP contribution in [0.5, 0.6) is 0 Å². The van der Waals surface area contributed by atoms with Gasteiger partial charge in [0.25, 0.3) is 0 Å². The van der Waals surface area contributed by atoms with Crippen LogP contribution in [-0.4, -0.2) is 51.9 Å². The number of H-pyrrole nitrogens is 2. The van der Waals surface area contributed by atoms with E-state index in [2.05, 4.69) is 42.7 Å². The number of hydrogen-bond donors (Lipinski definition) is 2. The standard InChI is InChI=1S/C31H31FN6/c1-5-12-33-26(6-2)21-9-10-28-24(18-21)31(37-36-28)29-19-25-27(35-29)11-13-34-30(25)22-15-20(16-23(32)17-22)8-7-14-38(3)4/h5-6,9-13,15-19,35H,1,7-8,14H2,2-4H3,(H,36,37)/b26-6-,33-12?. The van der Waals surface area contributed by atoms with Gasteiger partial charge in [-0.15, -0.1) is 0 Å². The Kier molecular flexibility index (Phi) is 7.29. The van der Waals surface area contributed by atoms with Crippen LogP contribution in [0.1, 0.15) is 24.5 Å². The van der Waals surface area contributed by atoms with E-state index in [-0.39, 0.29) is 5.82 Å². The summed E-state index contributed by atoms with van der Waals surface area (Å²) in [4.78, 5) is 14.8. The van der Waals surface area contributed by atoms with E-state index >= 15 is 0 Å². The molecular formula is C31H31FN6. The van der Waals surface area contributed by atoms with Crippen molar-refractivity contribution in [2.24, 2.45) is 4.99 Å². The average molecular weight is 507 g/mol. The second-order valence-electron chi connectivity index (χ2n) is 9.58. The number of aliphatic imine (C=N–C) groups is 1. The summed E-state index contributed by atoms with van der Waals surface area (Å²) in [5.41, 5.74) is 7.84. The molecule has 0 fully saturated rings. The molecule has 5 aromatic rings. The fourth-order valence-electron chi connectivity index (χ4n) is 4.77. The first kappa shape index (κ1) is 25.3. The summed E-state index contributed by atoms with van der Waals surface area (Å²) in [5.74, 6) is -0.248. The number of aryl methyl sites for hydroxylation is 1. The van der Waals surface area contributed by atoms with E-state index < -0.39 is 0 Å². The fraction of sp³-hybridized carbons (Fsp3) is 0.194. The van der Waals surface area contributed by atoms with Gasteiger partial charge in [0.15, 0.2) is 0 Å². The minimum absolute atomic E-state index is 0.248. The van der Waals surface area contributed by atoms with E-state index in [9.17, 15) is 4.39 Å². The highest BCUT2D eigenvalue weighted by molar-refractivity contribution is 6.00. The molecule has 7 heteroatoms. The van der Waals surface area contributed by atoms with Crippen LogP contribution >= 0.6 is 0 Å². The Morgan fingerprint density at radius 3 is 2.68 bits per heavy atom. The average Bonchev–Trinajstić information content (AvgIpc) is 3.52. The molecule has 192 valence electrons. The number of aromatic nitrogens is 4. The number of hydrogen-bond acceptors (Lipinski definition) is 4. The quantitative estimate of drug-likeness (QED) is 0.211. The van der Waals surface area contributed by atoms with E-state index in [0.29, 0.717) is 0 Å². The molecule has 0 radical (unpaired) electrons. The Bertz CT molecular complexity index is 1670. The monoisotopic (exact) mass is 506 g/mol. The van der Waals surface area contributed by atoms with Crippen LogP contribution in [0.15, 0.2) is 78.5 Å². The maximum Gasteiger partial charge on any atom is 0.124 e. The summed E-state index contributed by atoms with van der Waals surface area (Å²) in [6.45, 7) is 6.63. The number of fused-ring (bicyclic) bond motifs is 2. The first-order valence-corrected chi connectivity index (χ1v) is 12.7. The van der Waals surface area contributed by atoms with Crippen LogP contribution in [0.4, 0.5) is 4.39 Å². The molecule has 2 N–H and O–H groups in total. The highest BCUT2D eigenvalue weighted by Gasteiger charge is 2.16. The SMILES string of the molecule is C=CC=N/C(=C\C)c1ccc2[nH]nc(-c3cc4c(-c5cc(F)cc(CCCN(C)C)c5)nccc4[nH]3)c2c1. The van der Waals surface area contributed by atoms with Crippen molar-refractivity contribution in [1.82, 2.24) is 25.1 Å². The number of aromatic amines is 2. The highest BCUT2D eigenvalue weighted by atomic mass is 19.1. The summed E-state index contributed by atoms with van der Waals surface area (Å²) < 4.78 is 14.6. The Labute approximate surface area is 221 Å². The Morgan fingerprint density at radius 2 is 1.89 bits per heavy atom. The summed E-state index contributed by atoms with van der Waals surface area (Å²) in [5, 5.41) is 9.65. The smallest absolute Gasteiger partial charge is 0.124 e. The molecule has 0 saturated carbocycles. The zero-order chi connectivity index (χ0) is 26.6. The van der Waals surface area contributed by atoms with Crippen molar-refractivity contribution >= 4 is 33.7 Å². The number of halogens is 1. The van der Waals surface area contributed by atoms with Gasteiger partial charge in [0, 0.05) is 39.8 Å². The van der Waals surface area contributed by atoms with Crippen LogP contribution in [0.2, 0.25) is 0 Å². The molecule has 0 unspecified atom stereocenters. The lowest BCUT2D eigenvalue weighted by Crippen LogP contribution is -2.13. The van der Waals surface area contributed by atoms with Crippen LogP contribution in [0.3, 0.4) is 0 Å². The third-order valence-electron chi connectivity index (χ3n) is 6.56. The van der Waals surface area contributed by atoms with Crippen LogP contribution in [-0.2, 0) is 6.42 Å². The Balaban J connectivity index is 1.55. The van der Waals surface area contributed by atoms with Crippen molar-refractivity contribution in [3.63, 3.8) is 0 Å². The summed E-state index contributed by atoms with van der Waals surface area (Å²) >= 11 is 0. The van der Waals surface area contributed by atoms with Crippen molar-refractivity contribution in [1.29, 1.82) is 0 Å². The first-order valence-electron chi connectivity index (χ1n) is 12.7. The molecule has 0 saturated heterocycles. The summed E-state index contributed by atoms with van der Waals surface area (Å²) in [6, 6.07) is 15.3. The predicted octanol–water partition coefficient (Wildman–Crippen LogP) is 7.02. The lowest BCUT2D eigenvalue weighted by molar-refractivity contribution is 0.400. The van der Waals surface area contributed by atoms with Crippen LogP contribution in [0.25, 0.3) is 50.1 Å². The molecule has 0 spiro atoms. The van der Waals surface area contributed by atoms with E-state index in [0.717, 1.165) is 80.7 Å². The van der Waals surface area contributed by atoms with E-state index in [1.54, 1.807) is 30.6 Å². The molecular weight excluding hydrogens is 475 g/mol. The maximum atomic E-state index is 14.6. The molecule has 0 amide bonds. The number of allylic oxidation sites excluding steroid dienone is 2. The van der Waals surface area contributed by atoms with Gasteiger partial charge in [-0.3, -0.25) is 15.1 Å². The van der Waals surface area contributed by atoms with Crippen molar-refractivity contribution in [2.45, 2.75) is 19.8 Å². The lowest BCUT2D eigenvalue weighted by Gasteiger charge is -2.10. The fourth-order valence-corrected chi connectivity index (χ4v) is 4.77. The Morgan fingerprint density at radius 1 is 1.05 bits per heavy atom. The molecule has 0 bridgehead atoms. The van der Waals surface area contributed by atoms with Gasteiger partial charge in [0.1, 0.15) is 11.5 Å². The molecule has 5 rings (SSSR count). The van der Waals surface area contributed by atoms with Gasteiger partial charge in [-0.05, 0) is 88.4 Å². The molecule has 3 heterocycles. The van der Waals surface area contributed by atoms with Gasteiger partial charge in [0.2, 0.25) is 0 Å². The zero-order valence-corrected chi connectivity index (χ0v) is 21.9. The second kappa shape index (κ2) is 10.9. The molecule has 0 aliphatic carbocycles. The van der Waals surface area contributed by atoms with E-state index in [1.165, 1.54) is 0 Å². The lowest BCUT2D eigenvalue weighted by atomic mass is 10.0. The van der Waals surface area contributed by atoms with Crippen LogP contribution in [0, 0.1) is 5.82 Å². The van der Waals surface area contributed by atoms with Gasteiger partial charge in [-0.2, -0.15) is 5.10 Å². The normalized spacial score (nSPS) is 12.4. The number of rotatable bonds is 9. The minimum atomic E-state index is -0.248. The number of pyridine rings is 1. The van der Waals surface area contributed by atoms with Crippen molar-refractivity contribution in [2.75, 3.05) is 20.6 Å². The van der Waals surface area contributed by atoms with E-state index in [4.69, 9.17) is 0 Å². The molecule has 3 aromatic heterocycles. The minimum Gasteiger partial charge on any atom is -0.353 e. The highest BCUT2D eigenvalue weighted by Crippen LogP contribution is 2.34. The molecule has 0 aliphatic rings. The number of nitrogens with one attached hydrogen (secondary N) is 2. The number of nitrogens with zero attached hydrogens (tertiary/aromatic N) is 4. The van der Waals surface area contributed by atoms with Crippen molar-refractivity contribution in [3.8, 4) is 22.6 Å². The molecule has 38 heavy (non-hydrogen) atoms. The topological polar surface area (TPSA) is 73.0 Å².